The van der Waals surface area contributed by atoms with Gasteiger partial charge >= 0.3 is 6.09 Å². The summed E-state index contributed by atoms with van der Waals surface area (Å²) in [6, 6.07) is 6.99. The highest BCUT2D eigenvalue weighted by Gasteiger charge is 2.31. The molecule has 0 saturated heterocycles. The maximum absolute atomic E-state index is 10.5. The molecule has 74 valence electrons. The molecule has 0 bridgehead atoms. The zero-order valence-corrected chi connectivity index (χ0v) is 7.47. The molecule has 0 unspecified atom stereocenters. The molecule has 3 N–H and O–H groups in total. The number of carboxylic acid groups (broad SMARTS) is 1. The maximum atomic E-state index is 10.5. The molecule has 0 fully saturated rings. The molecule has 14 heavy (non-hydrogen) atoms. The third-order valence-corrected chi connectivity index (χ3v) is 2.48. The Hall–Kier alpha value is -1.55. The van der Waals surface area contributed by atoms with Crippen LogP contribution in [0.1, 0.15) is 17.2 Å². The predicted octanol–water partition coefficient (Wildman–Crippen LogP) is 0.912. The number of hydrogen-bond donors (Lipinski definition) is 3. The second kappa shape index (κ2) is 3.31. The van der Waals surface area contributed by atoms with Crippen LogP contribution in [0.5, 0.6) is 0 Å². The van der Waals surface area contributed by atoms with Gasteiger partial charge in [0.2, 0.25) is 0 Å². The highest BCUT2D eigenvalue weighted by atomic mass is 16.4. The lowest BCUT2D eigenvalue weighted by Crippen LogP contribution is -2.32. The van der Waals surface area contributed by atoms with Crippen LogP contribution in [0.15, 0.2) is 24.3 Å². The second-order valence-corrected chi connectivity index (χ2v) is 3.40. The van der Waals surface area contributed by atoms with Crippen molar-refractivity contribution in [2.45, 2.75) is 18.6 Å². The standard InChI is InChI=1S/C10H11NO3/c12-8-5-6-3-1-2-4-7(6)9(8)11-10(13)14/h1-4,8-9,11-12H,5H2,(H,13,14)/t8-,9-/m0/s1. The molecule has 1 aliphatic carbocycles. The quantitative estimate of drug-likeness (QED) is 0.621. The van der Waals surface area contributed by atoms with Gasteiger partial charge in [0, 0.05) is 6.42 Å². The molecule has 0 aliphatic heterocycles. The normalized spacial score (nSPS) is 24.4. The highest BCUT2D eigenvalue weighted by Crippen LogP contribution is 2.30. The number of benzene rings is 1. The Kier molecular flexibility index (Phi) is 2.13. The molecule has 0 radical (unpaired) electrons. The lowest BCUT2D eigenvalue weighted by Gasteiger charge is -2.15. The Morgan fingerprint density at radius 2 is 2.14 bits per heavy atom. The molecular formula is C10H11NO3. The Bertz CT molecular complexity index is 364. The molecule has 1 aromatic carbocycles. The van der Waals surface area contributed by atoms with Crippen molar-refractivity contribution in [3.05, 3.63) is 35.4 Å². The molecule has 0 aromatic heterocycles. The molecule has 0 heterocycles. The molecule has 0 saturated carbocycles. The lowest BCUT2D eigenvalue weighted by atomic mass is 10.1. The number of aliphatic hydroxyl groups is 1. The van der Waals surface area contributed by atoms with E-state index in [4.69, 9.17) is 5.11 Å². The lowest BCUT2D eigenvalue weighted by molar-refractivity contribution is 0.131. The minimum atomic E-state index is -1.11. The SMILES string of the molecule is O=C(O)N[C@H]1c2ccccc2C[C@@H]1O. The minimum Gasteiger partial charge on any atom is -0.465 e. The van der Waals surface area contributed by atoms with Crippen LogP contribution >= 0.6 is 0 Å². The molecule has 1 aliphatic rings. The molecule has 0 spiro atoms. The number of aliphatic hydroxyl groups excluding tert-OH is 1. The van der Waals surface area contributed by atoms with Gasteiger partial charge in [0.05, 0.1) is 12.1 Å². The minimum absolute atomic E-state index is 0.483. The van der Waals surface area contributed by atoms with E-state index in [0.717, 1.165) is 11.1 Å². The molecular weight excluding hydrogens is 182 g/mol. The van der Waals surface area contributed by atoms with Crippen molar-refractivity contribution in [2.75, 3.05) is 0 Å². The third kappa shape index (κ3) is 1.44. The number of fused-ring (bicyclic) bond motifs is 1. The van der Waals surface area contributed by atoms with Gasteiger partial charge in [0.15, 0.2) is 0 Å². The summed E-state index contributed by atoms with van der Waals surface area (Å²) >= 11 is 0. The first-order valence-electron chi connectivity index (χ1n) is 4.44. The van der Waals surface area contributed by atoms with Crippen molar-refractivity contribution in [3.63, 3.8) is 0 Å². The fraction of sp³-hybridized carbons (Fsp3) is 0.300. The van der Waals surface area contributed by atoms with Gasteiger partial charge in [-0.15, -0.1) is 0 Å². The summed E-state index contributed by atoms with van der Waals surface area (Å²) in [4.78, 5) is 10.5. The van der Waals surface area contributed by atoms with E-state index in [-0.39, 0.29) is 0 Å². The van der Waals surface area contributed by atoms with Crippen molar-refractivity contribution >= 4 is 6.09 Å². The fourth-order valence-electron chi connectivity index (χ4n) is 1.88. The van der Waals surface area contributed by atoms with Crippen LogP contribution in [0.25, 0.3) is 0 Å². The first-order valence-corrected chi connectivity index (χ1v) is 4.44. The average molecular weight is 193 g/mol. The van der Waals surface area contributed by atoms with E-state index >= 15 is 0 Å². The van der Waals surface area contributed by atoms with E-state index < -0.39 is 18.2 Å². The van der Waals surface area contributed by atoms with Crippen LogP contribution in [0.2, 0.25) is 0 Å². The zero-order chi connectivity index (χ0) is 10.1. The largest absolute Gasteiger partial charge is 0.465 e. The van der Waals surface area contributed by atoms with Crippen molar-refractivity contribution in [1.29, 1.82) is 0 Å². The number of carbonyl (C=O) groups is 1. The third-order valence-electron chi connectivity index (χ3n) is 2.48. The topological polar surface area (TPSA) is 69.6 Å². The highest BCUT2D eigenvalue weighted by molar-refractivity contribution is 5.66. The summed E-state index contributed by atoms with van der Waals surface area (Å²) in [5.41, 5.74) is 1.89. The monoisotopic (exact) mass is 193 g/mol. The van der Waals surface area contributed by atoms with Crippen LogP contribution in [0, 0.1) is 0 Å². The summed E-state index contributed by atoms with van der Waals surface area (Å²) in [6.45, 7) is 0. The molecule has 2 rings (SSSR count). The summed E-state index contributed by atoms with van der Waals surface area (Å²) in [5, 5.41) is 20.5. The second-order valence-electron chi connectivity index (χ2n) is 3.40. The van der Waals surface area contributed by atoms with Gasteiger partial charge in [-0.05, 0) is 11.1 Å². The number of hydrogen-bond acceptors (Lipinski definition) is 2. The Balaban J connectivity index is 2.30. The van der Waals surface area contributed by atoms with Crippen LogP contribution in [0.3, 0.4) is 0 Å². The molecule has 4 nitrogen and oxygen atoms in total. The maximum Gasteiger partial charge on any atom is 0.405 e. The number of nitrogens with one attached hydrogen (secondary N) is 1. The first-order chi connectivity index (χ1) is 6.68. The fourth-order valence-corrected chi connectivity index (χ4v) is 1.88. The van der Waals surface area contributed by atoms with Crippen molar-refractivity contribution in [2.24, 2.45) is 0 Å². The van der Waals surface area contributed by atoms with Gasteiger partial charge in [-0.2, -0.15) is 0 Å². The zero-order valence-electron chi connectivity index (χ0n) is 7.47. The molecule has 1 amide bonds. The summed E-state index contributed by atoms with van der Waals surface area (Å²) in [7, 11) is 0. The van der Waals surface area contributed by atoms with E-state index in [1.807, 2.05) is 24.3 Å². The van der Waals surface area contributed by atoms with Crippen LogP contribution in [-0.2, 0) is 6.42 Å². The van der Waals surface area contributed by atoms with Crippen molar-refractivity contribution < 1.29 is 15.0 Å². The Labute approximate surface area is 81.2 Å². The van der Waals surface area contributed by atoms with Gasteiger partial charge in [0.1, 0.15) is 0 Å². The van der Waals surface area contributed by atoms with Gasteiger partial charge in [-0.25, -0.2) is 4.79 Å². The molecule has 2 atom stereocenters. The smallest absolute Gasteiger partial charge is 0.405 e. The molecule has 1 aromatic rings. The van der Waals surface area contributed by atoms with Gasteiger partial charge in [-0.1, -0.05) is 24.3 Å². The van der Waals surface area contributed by atoms with Crippen LogP contribution in [-0.4, -0.2) is 22.4 Å². The Morgan fingerprint density at radius 3 is 2.86 bits per heavy atom. The van der Waals surface area contributed by atoms with Crippen LogP contribution < -0.4 is 5.32 Å². The average Bonchev–Trinajstić information content (AvgIpc) is 2.43. The summed E-state index contributed by atoms with van der Waals surface area (Å²) in [5.74, 6) is 0. The van der Waals surface area contributed by atoms with Crippen molar-refractivity contribution in [1.82, 2.24) is 5.32 Å². The summed E-state index contributed by atoms with van der Waals surface area (Å²) in [6.07, 6.45) is -1.24. The van der Waals surface area contributed by atoms with Crippen molar-refractivity contribution in [3.8, 4) is 0 Å². The molecule has 4 heteroatoms. The summed E-state index contributed by atoms with van der Waals surface area (Å²) < 4.78 is 0. The van der Waals surface area contributed by atoms with E-state index in [0.29, 0.717) is 6.42 Å². The van der Waals surface area contributed by atoms with Crippen LogP contribution in [0.4, 0.5) is 4.79 Å². The van der Waals surface area contributed by atoms with Gasteiger partial charge < -0.3 is 15.5 Å². The Morgan fingerprint density at radius 1 is 1.43 bits per heavy atom. The number of amides is 1. The van der Waals surface area contributed by atoms with E-state index in [9.17, 15) is 9.90 Å². The van der Waals surface area contributed by atoms with Gasteiger partial charge in [-0.3, -0.25) is 0 Å². The van der Waals surface area contributed by atoms with E-state index in [1.165, 1.54) is 0 Å². The van der Waals surface area contributed by atoms with E-state index in [1.54, 1.807) is 0 Å². The van der Waals surface area contributed by atoms with E-state index in [2.05, 4.69) is 5.32 Å². The number of rotatable bonds is 1. The first kappa shape index (κ1) is 9.02. The predicted molar refractivity (Wildman–Crippen MR) is 50.1 cm³/mol. The van der Waals surface area contributed by atoms with Gasteiger partial charge in [0.25, 0.3) is 0 Å².